The Morgan fingerprint density at radius 3 is 2.87 bits per heavy atom. The Labute approximate surface area is 85.4 Å². The highest BCUT2D eigenvalue weighted by atomic mass is 16.6. The van der Waals surface area contributed by atoms with E-state index in [4.69, 9.17) is 0 Å². The lowest BCUT2D eigenvalue weighted by Gasteiger charge is -2.10. The number of carbonyl (C=O) groups excluding carboxylic acids is 1. The van der Waals surface area contributed by atoms with Crippen LogP contribution in [0.25, 0.3) is 0 Å². The Balaban J connectivity index is 2.42. The van der Waals surface area contributed by atoms with Crippen LogP contribution in [0.15, 0.2) is 6.20 Å². The highest BCUT2D eigenvalue weighted by Crippen LogP contribution is 2.28. The summed E-state index contributed by atoms with van der Waals surface area (Å²) in [5, 5.41) is 14.7. The summed E-state index contributed by atoms with van der Waals surface area (Å²) < 4.78 is 1.35. The normalized spacial score (nSPS) is 16.1. The molecule has 0 bridgehead atoms. The van der Waals surface area contributed by atoms with Gasteiger partial charge in [-0.1, -0.05) is 0 Å². The van der Waals surface area contributed by atoms with Gasteiger partial charge < -0.3 is 0 Å². The first kappa shape index (κ1) is 9.63. The van der Waals surface area contributed by atoms with Crippen LogP contribution in [0.2, 0.25) is 0 Å². The third kappa shape index (κ3) is 1.56. The zero-order valence-corrected chi connectivity index (χ0v) is 8.21. The zero-order chi connectivity index (χ0) is 11.0. The molecular weight excluding hydrogens is 200 g/mol. The minimum Gasteiger partial charge on any atom is -0.290 e. The van der Waals surface area contributed by atoms with E-state index in [9.17, 15) is 14.9 Å². The van der Waals surface area contributed by atoms with Crippen LogP contribution >= 0.6 is 0 Å². The molecule has 7 nitrogen and oxygen atoms in total. The summed E-state index contributed by atoms with van der Waals surface area (Å²) in [6.45, 7) is 0.511. The SMILES string of the molecule is Cn1cc([N+](=O)[O-])c(N2CCCC2=O)n1. The fourth-order valence-corrected chi connectivity index (χ4v) is 1.66. The maximum atomic E-state index is 11.4. The van der Waals surface area contributed by atoms with Crippen LogP contribution in [-0.2, 0) is 11.8 Å². The van der Waals surface area contributed by atoms with Gasteiger partial charge in [0.15, 0.2) is 0 Å². The van der Waals surface area contributed by atoms with Crippen molar-refractivity contribution in [3.05, 3.63) is 16.3 Å². The van der Waals surface area contributed by atoms with Gasteiger partial charge in [0.25, 0.3) is 0 Å². The topological polar surface area (TPSA) is 81.3 Å². The standard InChI is InChI=1S/C8H10N4O3/c1-10-5-6(12(14)15)8(9-10)11-4-2-3-7(11)13/h5H,2-4H2,1H3. The van der Waals surface area contributed by atoms with Crippen molar-refractivity contribution in [2.45, 2.75) is 12.8 Å². The van der Waals surface area contributed by atoms with E-state index in [-0.39, 0.29) is 17.4 Å². The summed E-state index contributed by atoms with van der Waals surface area (Å²) in [4.78, 5) is 23.0. The van der Waals surface area contributed by atoms with Crippen molar-refractivity contribution in [1.82, 2.24) is 9.78 Å². The summed E-state index contributed by atoms with van der Waals surface area (Å²) in [7, 11) is 1.59. The summed E-state index contributed by atoms with van der Waals surface area (Å²) >= 11 is 0. The molecule has 0 spiro atoms. The van der Waals surface area contributed by atoms with Gasteiger partial charge in [0.2, 0.25) is 11.7 Å². The van der Waals surface area contributed by atoms with Gasteiger partial charge in [0.05, 0.1) is 4.92 Å². The van der Waals surface area contributed by atoms with Gasteiger partial charge in [0.1, 0.15) is 6.20 Å². The summed E-state index contributed by atoms with van der Waals surface area (Å²) in [6.07, 6.45) is 2.47. The fraction of sp³-hybridized carbons (Fsp3) is 0.500. The van der Waals surface area contributed by atoms with E-state index in [0.717, 1.165) is 6.42 Å². The van der Waals surface area contributed by atoms with Crippen LogP contribution in [0.1, 0.15) is 12.8 Å². The van der Waals surface area contributed by atoms with Crippen LogP contribution in [-0.4, -0.2) is 27.2 Å². The second-order valence-electron chi connectivity index (χ2n) is 3.42. The Hall–Kier alpha value is -1.92. The molecule has 1 aromatic rings. The smallest absolute Gasteiger partial charge is 0.290 e. The van der Waals surface area contributed by atoms with E-state index >= 15 is 0 Å². The average Bonchev–Trinajstić information content (AvgIpc) is 2.71. The van der Waals surface area contributed by atoms with Crippen LogP contribution in [0.3, 0.4) is 0 Å². The van der Waals surface area contributed by atoms with E-state index in [1.54, 1.807) is 7.05 Å². The highest BCUT2D eigenvalue weighted by molar-refractivity contribution is 5.96. The lowest BCUT2D eigenvalue weighted by Crippen LogP contribution is -2.25. The number of nitrogens with zero attached hydrogens (tertiary/aromatic N) is 4. The van der Waals surface area contributed by atoms with Crippen molar-refractivity contribution in [3.8, 4) is 0 Å². The van der Waals surface area contributed by atoms with Crippen LogP contribution in [0, 0.1) is 10.1 Å². The third-order valence-electron chi connectivity index (χ3n) is 2.32. The van der Waals surface area contributed by atoms with E-state index in [0.29, 0.717) is 13.0 Å². The molecular formula is C8H10N4O3. The molecule has 1 aliphatic heterocycles. The van der Waals surface area contributed by atoms with Gasteiger partial charge in [-0.15, -0.1) is 5.10 Å². The number of anilines is 1. The van der Waals surface area contributed by atoms with Crippen molar-refractivity contribution in [3.63, 3.8) is 0 Å². The van der Waals surface area contributed by atoms with Crippen molar-refractivity contribution in [1.29, 1.82) is 0 Å². The van der Waals surface area contributed by atoms with Gasteiger partial charge in [-0.05, 0) is 6.42 Å². The largest absolute Gasteiger partial charge is 0.331 e. The number of nitro groups is 1. The first-order valence-electron chi connectivity index (χ1n) is 4.58. The van der Waals surface area contributed by atoms with E-state index in [1.165, 1.54) is 15.8 Å². The quantitative estimate of drug-likeness (QED) is 0.524. The van der Waals surface area contributed by atoms with Crippen LogP contribution in [0.4, 0.5) is 11.5 Å². The van der Waals surface area contributed by atoms with Gasteiger partial charge in [-0.2, -0.15) is 0 Å². The molecule has 1 saturated heterocycles. The number of rotatable bonds is 2. The lowest BCUT2D eigenvalue weighted by molar-refractivity contribution is -0.384. The fourth-order valence-electron chi connectivity index (χ4n) is 1.66. The molecule has 2 heterocycles. The first-order valence-corrected chi connectivity index (χ1v) is 4.58. The molecule has 0 aromatic carbocycles. The van der Waals surface area contributed by atoms with E-state index in [1.807, 2.05) is 0 Å². The molecule has 80 valence electrons. The predicted octanol–water partition coefficient (Wildman–Crippen LogP) is 0.455. The van der Waals surface area contributed by atoms with Gasteiger partial charge in [0, 0.05) is 20.0 Å². The number of hydrogen-bond donors (Lipinski definition) is 0. The molecule has 0 saturated carbocycles. The summed E-state index contributed by atoms with van der Waals surface area (Å²) in [5.74, 6) is 0.0572. The Bertz CT molecular complexity index is 426. The van der Waals surface area contributed by atoms with E-state index < -0.39 is 4.92 Å². The van der Waals surface area contributed by atoms with Gasteiger partial charge in [-0.25, -0.2) is 0 Å². The maximum Gasteiger partial charge on any atom is 0.331 e. The molecule has 0 radical (unpaired) electrons. The lowest BCUT2D eigenvalue weighted by atomic mass is 10.4. The van der Waals surface area contributed by atoms with Crippen molar-refractivity contribution >= 4 is 17.4 Å². The van der Waals surface area contributed by atoms with Gasteiger partial charge in [-0.3, -0.25) is 24.5 Å². The second kappa shape index (κ2) is 3.34. The molecule has 1 fully saturated rings. The number of hydrogen-bond acceptors (Lipinski definition) is 4. The Kier molecular flexibility index (Phi) is 2.14. The molecule has 0 aliphatic carbocycles. The zero-order valence-electron chi connectivity index (χ0n) is 8.21. The second-order valence-corrected chi connectivity index (χ2v) is 3.42. The molecule has 1 amide bonds. The molecule has 0 N–H and O–H groups in total. The molecule has 0 atom stereocenters. The molecule has 2 rings (SSSR count). The number of amides is 1. The Morgan fingerprint density at radius 1 is 1.60 bits per heavy atom. The van der Waals surface area contributed by atoms with Crippen molar-refractivity contribution in [2.24, 2.45) is 7.05 Å². The number of aromatic nitrogens is 2. The van der Waals surface area contributed by atoms with Crippen LogP contribution < -0.4 is 4.90 Å². The van der Waals surface area contributed by atoms with E-state index in [2.05, 4.69) is 5.10 Å². The molecule has 1 aromatic heterocycles. The number of carbonyl (C=O) groups is 1. The van der Waals surface area contributed by atoms with Crippen LogP contribution in [0.5, 0.6) is 0 Å². The number of aryl methyl sites for hydroxylation is 1. The first-order chi connectivity index (χ1) is 7.09. The molecule has 1 aliphatic rings. The van der Waals surface area contributed by atoms with Gasteiger partial charge >= 0.3 is 5.69 Å². The van der Waals surface area contributed by atoms with Crippen molar-refractivity contribution < 1.29 is 9.72 Å². The molecule has 15 heavy (non-hydrogen) atoms. The summed E-state index contributed by atoms with van der Waals surface area (Å²) in [5.41, 5.74) is -0.118. The molecule has 7 heteroatoms. The van der Waals surface area contributed by atoms with Crippen molar-refractivity contribution in [2.75, 3.05) is 11.4 Å². The highest BCUT2D eigenvalue weighted by Gasteiger charge is 2.31. The predicted molar refractivity (Wildman–Crippen MR) is 51.4 cm³/mol. The third-order valence-corrected chi connectivity index (χ3v) is 2.32. The Morgan fingerprint density at radius 2 is 2.33 bits per heavy atom. The molecule has 0 unspecified atom stereocenters. The minimum atomic E-state index is -0.520. The minimum absolute atomic E-state index is 0.100. The summed E-state index contributed by atoms with van der Waals surface area (Å²) in [6, 6.07) is 0. The monoisotopic (exact) mass is 210 g/mol. The maximum absolute atomic E-state index is 11.4. The average molecular weight is 210 g/mol.